The Morgan fingerprint density at radius 2 is 1.90 bits per heavy atom. The van der Waals surface area contributed by atoms with E-state index in [9.17, 15) is 4.79 Å². The van der Waals surface area contributed by atoms with Gasteiger partial charge in [-0.25, -0.2) is 4.79 Å². The molecule has 0 saturated heterocycles. The highest BCUT2D eigenvalue weighted by atomic mass is 16.6. The Morgan fingerprint density at radius 3 is 2.55 bits per heavy atom. The first kappa shape index (κ1) is 14.3. The highest BCUT2D eigenvalue weighted by Crippen LogP contribution is 2.28. The number of aromatic nitrogens is 1. The van der Waals surface area contributed by atoms with Gasteiger partial charge in [-0.05, 0) is 39.8 Å². The molecule has 0 aliphatic rings. The summed E-state index contributed by atoms with van der Waals surface area (Å²) in [5, 5.41) is 2.04. The summed E-state index contributed by atoms with van der Waals surface area (Å²) in [7, 11) is 1.72. The van der Waals surface area contributed by atoms with Crippen LogP contribution in [-0.2, 0) is 4.74 Å². The highest BCUT2D eigenvalue weighted by molar-refractivity contribution is 6.01. The minimum atomic E-state index is -0.507. The van der Waals surface area contributed by atoms with Crippen LogP contribution < -0.4 is 4.90 Å². The number of hydrogen-bond acceptors (Lipinski definition) is 3. The third-order valence-corrected chi connectivity index (χ3v) is 3.01. The Kier molecular flexibility index (Phi) is 3.66. The van der Waals surface area contributed by atoms with Crippen molar-refractivity contribution >= 4 is 22.6 Å². The second kappa shape index (κ2) is 5.12. The van der Waals surface area contributed by atoms with Gasteiger partial charge in [0.05, 0.1) is 5.69 Å². The molecular weight excluding hydrogens is 252 g/mol. The van der Waals surface area contributed by atoms with E-state index in [1.165, 1.54) is 4.90 Å². The lowest BCUT2D eigenvalue weighted by Crippen LogP contribution is -2.34. The fourth-order valence-electron chi connectivity index (χ4n) is 2.06. The zero-order valence-electron chi connectivity index (χ0n) is 12.6. The summed E-state index contributed by atoms with van der Waals surface area (Å²) in [5.41, 5.74) is 1.26. The molecule has 4 nitrogen and oxygen atoms in total. The van der Waals surface area contributed by atoms with Crippen LogP contribution in [0.5, 0.6) is 0 Å². The second-order valence-corrected chi connectivity index (χ2v) is 5.81. The molecule has 0 atom stereocenters. The smallest absolute Gasteiger partial charge is 0.414 e. The molecule has 20 heavy (non-hydrogen) atoms. The van der Waals surface area contributed by atoms with Gasteiger partial charge in [0.15, 0.2) is 0 Å². The quantitative estimate of drug-likeness (QED) is 0.790. The Balaban J connectivity index is 2.43. The van der Waals surface area contributed by atoms with Gasteiger partial charge >= 0.3 is 6.09 Å². The third kappa shape index (κ3) is 2.90. The molecular formula is C16H20N2O2. The number of aryl methyl sites for hydroxylation is 1. The SMILES string of the molecule is Cc1nccc2c(N(C)C(=O)OC(C)(C)C)cccc12. The van der Waals surface area contributed by atoms with E-state index in [1.54, 1.807) is 13.2 Å². The Morgan fingerprint density at radius 1 is 1.20 bits per heavy atom. The number of rotatable bonds is 1. The van der Waals surface area contributed by atoms with Crippen LogP contribution in [0.4, 0.5) is 10.5 Å². The molecule has 0 saturated carbocycles. The van der Waals surface area contributed by atoms with Crippen LogP contribution in [0.1, 0.15) is 26.5 Å². The number of fused-ring (bicyclic) bond motifs is 1. The van der Waals surface area contributed by atoms with E-state index in [4.69, 9.17) is 4.74 Å². The fraction of sp³-hybridized carbons (Fsp3) is 0.375. The topological polar surface area (TPSA) is 42.4 Å². The van der Waals surface area contributed by atoms with Crippen molar-refractivity contribution in [3.05, 3.63) is 36.2 Å². The maximum atomic E-state index is 12.2. The van der Waals surface area contributed by atoms with Crippen molar-refractivity contribution in [2.75, 3.05) is 11.9 Å². The van der Waals surface area contributed by atoms with Gasteiger partial charge in [-0.2, -0.15) is 0 Å². The molecule has 1 heterocycles. The third-order valence-electron chi connectivity index (χ3n) is 3.01. The summed E-state index contributed by atoms with van der Waals surface area (Å²) < 4.78 is 5.40. The molecule has 0 bridgehead atoms. The van der Waals surface area contributed by atoms with Crippen LogP contribution >= 0.6 is 0 Å². The van der Waals surface area contributed by atoms with E-state index in [2.05, 4.69) is 4.98 Å². The number of pyridine rings is 1. The first-order chi connectivity index (χ1) is 9.29. The molecule has 2 rings (SSSR count). The minimum absolute atomic E-state index is 0.362. The largest absolute Gasteiger partial charge is 0.443 e. The lowest BCUT2D eigenvalue weighted by molar-refractivity contribution is 0.0590. The van der Waals surface area contributed by atoms with Gasteiger partial charge < -0.3 is 4.74 Å². The minimum Gasteiger partial charge on any atom is -0.443 e. The van der Waals surface area contributed by atoms with Crippen molar-refractivity contribution in [3.8, 4) is 0 Å². The Bertz CT molecular complexity index is 644. The highest BCUT2D eigenvalue weighted by Gasteiger charge is 2.21. The zero-order chi connectivity index (χ0) is 14.9. The number of benzene rings is 1. The Hall–Kier alpha value is -2.10. The molecule has 106 valence electrons. The number of nitrogens with zero attached hydrogens (tertiary/aromatic N) is 2. The van der Waals surface area contributed by atoms with Crippen LogP contribution in [0, 0.1) is 6.92 Å². The van der Waals surface area contributed by atoms with Gasteiger partial charge in [-0.15, -0.1) is 0 Å². The average Bonchev–Trinajstić information content (AvgIpc) is 2.36. The maximum Gasteiger partial charge on any atom is 0.414 e. The predicted molar refractivity (Wildman–Crippen MR) is 81.1 cm³/mol. The standard InChI is InChI=1S/C16H20N2O2/c1-11-12-7-6-8-14(13(12)9-10-17-11)18(5)15(19)20-16(2,3)4/h6-10H,1-5H3. The molecule has 1 amide bonds. The summed E-state index contributed by atoms with van der Waals surface area (Å²) in [4.78, 5) is 18.0. The van der Waals surface area contributed by atoms with Crippen LogP contribution in [-0.4, -0.2) is 23.7 Å². The monoisotopic (exact) mass is 272 g/mol. The van der Waals surface area contributed by atoms with E-state index in [0.717, 1.165) is 22.2 Å². The summed E-state index contributed by atoms with van der Waals surface area (Å²) in [6.07, 6.45) is 1.39. The van der Waals surface area contributed by atoms with Gasteiger partial charge in [0.1, 0.15) is 5.60 Å². The van der Waals surface area contributed by atoms with Crippen molar-refractivity contribution in [1.82, 2.24) is 4.98 Å². The van der Waals surface area contributed by atoms with Crippen molar-refractivity contribution < 1.29 is 9.53 Å². The number of carbonyl (C=O) groups excluding carboxylic acids is 1. The van der Waals surface area contributed by atoms with Crippen LogP contribution in [0.2, 0.25) is 0 Å². The lowest BCUT2D eigenvalue weighted by Gasteiger charge is -2.25. The van der Waals surface area contributed by atoms with E-state index in [1.807, 2.05) is 52.0 Å². The Labute approximate surface area is 119 Å². The lowest BCUT2D eigenvalue weighted by atomic mass is 10.1. The molecule has 0 radical (unpaired) electrons. The van der Waals surface area contributed by atoms with Gasteiger partial charge in [0.25, 0.3) is 0 Å². The van der Waals surface area contributed by atoms with Crippen molar-refractivity contribution in [2.24, 2.45) is 0 Å². The molecule has 2 aromatic rings. The number of anilines is 1. The van der Waals surface area contributed by atoms with E-state index in [-0.39, 0.29) is 6.09 Å². The summed E-state index contributed by atoms with van der Waals surface area (Å²) in [6, 6.07) is 7.75. The second-order valence-electron chi connectivity index (χ2n) is 5.81. The normalized spacial score (nSPS) is 11.4. The van der Waals surface area contributed by atoms with Gasteiger partial charge in [0, 0.05) is 29.7 Å². The maximum absolute atomic E-state index is 12.2. The zero-order valence-corrected chi connectivity index (χ0v) is 12.6. The van der Waals surface area contributed by atoms with Crippen molar-refractivity contribution in [3.63, 3.8) is 0 Å². The van der Waals surface area contributed by atoms with Gasteiger partial charge in [-0.3, -0.25) is 9.88 Å². The molecule has 0 N–H and O–H groups in total. The number of hydrogen-bond donors (Lipinski definition) is 0. The summed E-state index contributed by atoms with van der Waals surface area (Å²) in [5.74, 6) is 0. The van der Waals surface area contributed by atoms with E-state index < -0.39 is 5.60 Å². The first-order valence-corrected chi connectivity index (χ1v) is 6.60. The molecule has 0 unspecified atom stereocenters. The molecule has 0 spiro atoms. The number of ether oxygens (including phenoxy) is 1. The number of amides is 1. The fourth-order valence-corrected chi connectivity index (χ4v) is 2.06. The van der Waals surface area contributed by atoms with Crippen LogP contribution in [0.3, 0.4) is 0 Å². The molecule has 0 fully saturated rings. The molecule has 1 aromatic heterocycles. The van der Waals surface area contributed by atoms with Crippen molar-refractivity contribution in [1.29, 1.82) is 0 Å². The predicted octanol–water partition coefficient (Wildman–Crippen LogP) is 3.91. The van der Waals surface area contributed by atoms with Crippen molar-refractivity contribution in [2.45, 2.75) is 33.3 Å². The first-order valence-electron chi connectivity index (χ1n) is 6.60. The summed E-state index contributed by atoms with van der Waals surface area (Å²) in [6.45, 7) is 7.53. The van der Waals surface area contributed by atoms with Crippen LogP contribution in [0.25, 0.3) is 10.8 Å². The summed E-state index contributed by atoms with van der Waals surface area (Å²) >= 11 is 0. The van der Waals surface area contributed by atoms with E-state index in [0.29, 0.717) is 0 Å². The molecule has 0 aliphatic carbocycles. The molecule has 4 heteroatoms. The van der Waals surface area contributed by atoms with Gasteiger partial charge in [-0.1, -0.05) is 12.1 Å². The number of carbonyl (C=O) groups is 1. The van der Waals surface area contributed by atoms with E-state index >= 15 is 0 Å². The van der Waals surface area contributed by atoms with Crippen LogP contribution in [0.15, 0.2) is 30.5 Å². The average molecular weight is 272 g/mol. The van der Waals surface area contributed by atoms with Gasteiger partial charge in [0.2, 0.25) is 0 Å². The molecule has 0 aliphatic heterocycles. The molecule has 1 aromatic carbocycles.